The highest BCUT2D eigenvalue weighted by atomic mass is 16.5. The van der Waals surface area contributed by atoms with E-state index in [4.69, 9.17) is 9.47 Å². The van der Waals surface area contributed by atoms with Gasteiger partial charge in [-0.3, -0.25) is 4.79 Å². The Morgan fingerprint density at radius 3 is 2.71 bits per heavy atom. The molecule has 0 unspecified atom stereocenters. The first-order valence-electron chi connectivity index (χ1n) is 7.28. The molecule has 2 rings (SSSR count). The normalized spacial score (nSPS) is 21.5. The molecule has 0 aromatic heterocycles. The van der Waals surface area contributed by atoms with Gasteiger partial charge < -0.3 is 19.9 Å². The van der Waals surface area contributed by atoms with Gasteiger partial charge in [0, 0.05) is 19.6 Å². The van der Waals surface area contributed by atoms with Gasteiger partial charge in [0.1, 0.15) is 11.4 Å². The topological polar surface area (TPSA) is 67.8 Å². The highest BCUT2D eigenvalue weighted by Crippen LogP contribution is 2.19. The summed E-state index contributed by atoms with van der Waals surface area (Å²) >= 11 is 0. The maximum Gasteiger partial charge on any atom is 0.258 e. The number of hydrogen-bond acceptors (Lipinski definition) is 4. The van der Waals surface area contributed by atoms with Gasteiger partial charge in [-0.25, -0.2) is 0 Å². The fourth-order valence-electron chi connectivity index (χ4n) is 2.15. The Hall–Kier alpha value is -1.59. The lowest BCUT2D eigenvalue weighted by molar-refractivity contribution is -0.124. The molecule has 1 fully saturated rings. The van der Waals surface area contributed by atoms with Crippen molar-refractivity contribution in [1.82, 2.24) is 5.32 Å². The summed E-state index contributed by atoms with van der Waals surface area (Å²) in [5, 5.41) is 12.7. The number of amides is 1. The molecule has 21 heavy (non-hydrogen) atoms. The Labute approximate surface area is 125 Å². The Bertz CT molecular complexity index is 464. The monoisotopic (exact) mass is 293 g/mol. The minimum absolute atomic E-state index is 0.0576. The van der Waals surface area contributed by atoms with E-state index >= 15 is 0 Å². The Balaban J connectivity index is 1.73. The van der Waals surface area contributed by atoms with Crippen LogP contribution in [0.2, 0.25) is 0 Å². The van der Waals surface area contributed by atoms with Gasteiger partial charge in [-0.05, 0) is 23.6 Å². The molecule has 1 aliphatic rings. The van der Waals surface area contributed by atoms with Gasteiger partial charge >= 0.3 is 0 Å². The van der Waals surface area contributed by atoms with E-state index in [9.17, 15) is 9.90 Å². The molecule has 1 heterocycles. The zero-order valence-electron chi connectivity index (χ0n) is 12.6. The third kappa shape index (κ3) is 4.72. The van der Waals surface area contributed by atoms with Crippen LogP contribution in [0, 0.1) is 0 Å². The van der Waals surface area contributed by atoms with Crippen LogP contribution in [0.4, 0.5) is 0 Å². The average molecular weight is 293 g/mol. The lowest BCUT2D eigenvalue weighted by Crippen LogP contribution is -2.44. The van der Waals surface area contributed by atoms with Crippen molar-refractivity contribution in [3.05, 3.63) is 29.8 Å². The number of carbonyl (C=O) groups is 1. The first kappa shape index (κ1) is 15.8. The quantitative estimate of drug-likeness (QED) is 0.833. The van der Waals surface area contributed by atoms with Gasteiger partial charge in [0.25, 0.3) is 5.91 Å². The van der Waals surface area contributed by atoms with E-state index in [0.29, 0.717) is 24.7 Å². The van der Waals surface area contributed by atoms with Gasteiger partial charge in [-0.2, -0.15) is 0 Å². The Kier molecular flexibility index (Phi) is 5.20. The van der Waals surface area contributed by atoms with Crippen LogP contribution >= 0.6 is 0 Å². The summed E-state index contributed by atoms with van der Waals surface area (Å²) in [5.41, 5.74) is 0.296. The molecular formula is C16H23NO4. The van der Waals surface area contributed by atoms with Crippen molar-refractivity contribution in [2.45, 2.75) is 31.8 Å². The third-order valence-corrected chi connectivity index (χ3v) is 3.61. The summed E-state index contributed by atoms with van der Waals surface area (Å²) in [4.78, 5) is 11.7. The third-order valence-electron chi connectivity index (χ3n) is 3.61. The van der Waals surface area contributed by atoms with Crippen molar-refractivity contribution in [1.29, 1.82) is 0 Å². The molecule has 1 amide bonds. The molecule has 0 bridgehead atoms. The summed E-state index contributed by atoms with van der Waals surface area (Å²) in [5.74, 6) is 0.887. The van der Waals surface area contributed by atoms with E-state index in [2.05, 4.69) is 19.2 Å². The van der Waals surface area contributed by atoms with E-state index in [0.717, 1.165) is 0 Å². The van der Waals surface area contributed by atoms with Crippen molar-refractivity contribution in [3.8, 4) is 5.75 Å². The zero-order chi connectivity index (χ0) is 15.3. The molecule has 2 N–H and O–H groups in total. The van der Waals surface area contributed by atoms with Gasteiger partial charge in [0.2, 0.25) is 0 Å². The second-order valence-electron chi connectivity index (χ2n) is 5.82. The van der Waals surface area contributed by atoms with E-state index in [1.165, 1.54) is 5.56 Å². The van der Waals surface area contributed by atoms with Crippen LogP contribution in [0.1, 0.15) is 31.7 Å². The Morgan fingerprint density at radius 2 is 2.14 bits per heavy atom. The van der Waals surface area contributed by atoms with Crippen LogP contribution in [0.25, 0.3) is 0 Å². The molecular weight excluding hydrogens is 270 g/mol. The summed E-state index contributed by atoms with van der Waals surface area (Å²) in [6.45, 7) is 5.19. The second kappa shape index (κ2) is 6.91. The van der Waals surface area contributed by atoms with Gasteiger partial charge in [0.05, 0.1) is 6.61 Å². The number of rotatable bonds is 6. The molecule has 0 radical (unpaired) electrons. The lowest BCUT2D eigenvalue weighted by Gasteiger charge is -2.20. The molecule has 0 aliphatic carbocycles. The first-order chi connectivity index (χ1) is 9.98. The Morgan fingerprint density at radius 1 is 1.43 bits per heavy atom. The maximum absolute atomic E-state index is 11.7. The second-order valence-corrected chi connectivity index (χ2v) is 5.82. The minimum atomic E-state index is -0.936. The molecule has 0 saturated carbocycles. The maximum atomic E-state index is 11.7. The summed E-state index contributed by atoms with van der Waals surface area (Å²) in [6.07, 6.45) is 0.546. The van der Waals surface area contributed by atoms with Crippen LogP contribution in [0.15, 0.2) is 24.3 Å². The molecule has 1 atom stereocenters. The highest BCUT2D eigenvalue weighted by Gasteiger charge is 2.32. The van der Waals surface area contributed by atoms with Crippen molar-refractivity contribution in [2.75, 3.05) is 26.4 Å². The van der Waals surface area contributed by atoms with Crippen molar-refractivity contribution in [3.63, 3.8) is 0 Å². The zero-order valence-corrected chi connectivity index (χ0v) is 12.6. The highest BCUT2D eigenvalue weighted by molar-refractivity contribution is 5.77. The molecule has 1 saturated heterocycles. The summed E-state index contributed by atoms with van der Waals surface area (Å²) in [7, 11) is 0. The predicted octanol–water partition coefficient (Wildman–Crippen LogP) is 1.46. The van der Waals surface area contributed by atoms with Crippen molar-refractivity contribution in [2.24, 2.45) is 0 Å². The smallest absolute Gasteiger partial charge is 0.258 e. The molecule has 116 valence electrons. The molecule has 1 aliphatic heterocycles. The fourth-order valence-corrected chi connectivity index (χ4v) is 2.15. The fraction of sp³-hybridized carbons (Fsp3) is 0.562. The molecule has 1 aromatic rings. The predicted molar refractivity (Wildman–Crippen MR) is 79.4 cm³/mol. The van der Waals surface area contributed by atoms with E-state index in [-0.39, 0.29) is 25.7 Å². The van der Waals surface area contributed by atoms with Crippen LogP contribution in [-0.2, 0) is 9.53 Å². The average Bonchev–Trinajstić information content (AvgIpc) is 2.91. The number of ether oxygens (including phenoxy) is 2. The molecule has 1 aromatic carbocycles. The van der Waals surface area contributed by atoms with Crippen LogP contribution < -0.4 is 10.1 Å². The van der Waals surface area contributed by atoms with E-state index in [1.807, 2.05) is 24.3 Å². The SMILES string of the molecule is CC(C)c1ccc(OCC(=O)NC[C@@]2(O)CCOC2)cc1. The van der Waals surface area contributed by atoms with Gasteiger partial charge in [0.15, 0.2) is 6.61 Å². The van der Waals surface area contributed by atoms with Crippen LogP contribution in [0.3, 0.4) is 0 Å². The summed E-state index contributed by atoms with van der Waals surface area (Å²) in [6, 6.07) is 7.72. The van der Waals surface area contributed by atoms with Gasteiger partial charge in [-0.1, -0.05) is 26.0 Å². The number of hydrogen-bond donors (Lipinski definition) is 2. The number of aliphatic hydroxyl groups is 1. The number of carbonyl (C=O) groups excluding carboxylic acids is 1. The molecule has 0 spiro atoms. The molecule has 5 heteroatoms. The molecule has 5 nitrogen and oxygen atoms in total. The van der Waals surface area contributed by atoms with Gasteiger partial charge in [-0.15, -0.1) is 0 Å². The van der Waals surface area contributed by atoms with Crippen LogP contribution in [-0.4, -0.2) is 43.0 Å². The van der Waals surface area contributed by atoms with Crippen molar-refractivity contribution >= 4 is 5.91 Å². The lowest BCUT2D eigenvalue weighted by atomic mass is 10.0. The van der Waals surface area contributed by atoms with Crippen molar-refractivity contribution < 1.29 is 19.4 Å². The first-order valence-corrected chi connectivity index (χ1v) is 7.28. The number of nitrogens with one attached hydrogen (secondary N) is 1. The minimum Gasteiger partial charge on any atom is -0.484 e. The largest absolute Gasteiger partial charge is 0.484 e. The number of benzene rings is 1. The summed E-state index contributed by atoms with van der Waals surface area (Å²) < 4.78 is 10.5. The van der Waals surface area contributed by atoms with Crippen LogP contribution in [0.5, 0.6) is 5.75 Å². The van der Waals surface area contributed by atoms with E-state index < -0.39 is 5.60 Å². The van der Waals surface area contributed by atoms with E-state index in [1.54, 1.807) is 0 Å². The standard InChI is InChI=1S/C16H23NO4/c1-12(2)13-3-5-14(6-4-13)21-9-15(18)17-10-16(19)7-8-20-11-16/h3-6,12,19H,7-11H2,1-2H3,(H,17,18)/t16-/m0/s1.